The Kier molecular flexibility index (Phi) is 10.6. The molecular weight excluding hydrogens is 352 g/mol. The van der Waals surface area contributed by atoms with Gasteiger partial charge in [-0.25, -0.2) is 0 Å². The lowest BCUT2D eigenvalue weighted by molar-refractivity contribution is -0.0584. The molecular formula is C18H42O5Si2. The van der Waals surface area contributed by atoms with Crippen LogP contribution < -0.4 is 0 Å². The average Bonchev–Trinajstić information content (AvgIpc) is 2.33. The van der Waals surface area contributed by atoms with Crippen molar-refractivity contribution in [2.45, 2.75) is 119 Å². The molecule has 0 aliphatic heterocycles. The molecule has 0 spiro atoms. The van der Waals surface area contributed by atoms with E-state index in [0.29, 0.717) is 0 Å². The Labute approximate surface area is 158 Å². The van der Waals surface area contributed by atoms with Crippen LogP contribution >= 0.6 is 0 Å². The van der Waals surface area contributed by atoms with Crippen LogP contribution in [0, 0.1) is 0 Å². The molecule has 0 fully saturated rings. The van der Waals surface area contributed by atoms with Gasteiger partial charge in [-0.15, -0.1) is 0 Å². The molecule has 0 aromatic heterocycles. The first kappa shape index (κ1) is 25.2. The summed E-state index contributed by atoms with van der Waals surface area (Å²) in [7, 11) is -6.04. The molecule has 0 aliphatic rings. The summed E-state index contributed by atoms with van der Waals surface area (Å²) in [6.07, 6.45) is -0.113. The van der Waals surface area contributed by atoms with Gasteiger partial charge in [0, 0.05) is 24.4 Å². The number of hydrogen-bond donors (Lipinski definition) is 0. The highest BCUT2D eigenvalue weighted by atomic mass is 28.5. The zero-order valence-electron chi connectivity index (χ0n) is 18.5. The van der Waals surface area contributed by atoms with Crippen LogP contribution in [0.4, 0.5) is 0 Å². The fourth-order valence-electron chi connectivity index (χ4n) is 2.78. The molecule has 0 saturated carbocycles. The largest absolute Gasteiger partial charge is 0.671 e. The van der Waals surface area contributed by atoms with Gasteiger partial charge in [0.2, 0.25) is 0 Å². The molecule has 7 heteroatoms. The summed E-state index contributed by atoms with van der Waals surface area (Å²) in [5, 5.41) is 0. The maximum atomic E-state index is 6.78. The second-order valence-corrected chi connectivity index (χ2v) is 14.8. The van der Waals surface area contributed by atoms with Crippen molar-refractivity contribution in [2.24, 2.45) is 0 Å². The van der Waals surface area contributed by atoms with Crippen LogP contribution in [0.5, 0.6) is 0 Å². The van der Waals surface area contributed by atoms with Crippen molar-refractivity contribution in [3.63, 3.8) is 0 Å². The predicted molar refractivity (Wildman–Crippen MR) is 108 cm³/mol. The van der Waals surface area contributed by atoms with Crippen molar-refractivity contribution in [3.8, 4) is 0 Å². The molecule has 25 heavy (non-hydrogen) atoms. The van der Waals surface area contributed by atoms with E-state index in [9.17, 15) is 0 Å². The lowest BCUT2D eigenvalue weighted by Gasteiger charge is -2.44. The van der Waals surface area contributed by atoms with Gasteiger partial charge >= 0.3 is 17.6 Å². The van der Waals surface area contributed by atoms with Gasteiger partial charge in [0.15, 0.2) is 0 Å². The molecule has 0 aromatic carbocycles. The molecule has 0 heterocycles. The molecule has 0 amide bonds. The fraction of sp³-hybridized carbons (Fsp3) is 1.00. The fourth-order valence-corrected chi connectivity index (χ4v) is 11.5. The van der Waals surface area contributed by atoms with E-state index in [-0.39, 0.29) is 35.5 Å². The summed E-state index contributed by atoms with van der Waals surface area (Å²) in [5.74, 6) is 0. The van der Waals surface area contributed by atoms with Crippen LogP contribution in [-0.2, 0) is 21.8 Å². The van der Waals surface area contributed by atoms with E-state index in [0.717, 1.165) is 0 Å². The van der Waals surface area contributed by atoms with E-state index in [1.165, 1.54) is 0 Å². The van der Waals surface area contributed by atoms with Gasteiger partial charge in [-0.3, -0.25) is 0 Å². The van der Waals surface area contributed by atoms with E-state index in [4.69, 9.17) is 21.8 Å². The zero-order valence-corrected chi connectivity index (χ0v) is 20.5. The minimum Gasteiger partial charge on any atom is -0.392 e. The molecule has 152 valence electrons. The minimum atomic E-state index is -3.38. The van der Waals surface area contributed by atoms with Crippen molar-refractivity contribution in [2.75, 3.05) is 0 Å². The molecule has 0 unspecified atom stereocenters. The van der Waals surface area contributed by atoms with Crippen molar-refractivity contribution in [3.05, 3.63) is 0 Å². The highest BCUT2D eigenvalue weighted by Gasteiger charge is 2.59. The molecule has 0 aliphatic carbocycles. The molecule has 0 radical (unpaired) electrons. The normalized spacial score (nSPS) is 14.2. The van der Waals surface area contributed by atoms with Crippen LogP contribution in [0.25, 0.3) is 0 Å². The van der Waals surface area contributed by atoms with Crippen LogP contribution in [0.3, 0.4) is 0 Å². The van der Waals surface area contributed by atoms with E-state index in [1.807, 2.05) is 41.5 Å². The summed E-state index contributed by atoms with van der Waals surface area (Å²) in [5.41, 5.74) is 0.480. The summed E-state index contributed by atoms with van der Waals surface area (Å²) in [4.78, 5) is 0. The highest BCUT2D eigenvalue weighted by molar-refractivity contribution is 6.78. The lowest BCUT2D eigenvalue weighted by atomic mass is 10.5. The van der Waals surface area contributed by atoms with Gasteiger partial charge in [0.25, 0.3) is 0 Å². The van der Waals surface area contributed by atoms with E-state index in [1.54, 1.807) is 0 Å². The first-order valence-corrected chi connectivity index (χ1v) is 13.3. The Balaban J connectivity index is 6.07. The number of hydrogen-bond acceptors (Lipinski definition) is 5. The van der Waals surface area contributed by atoms with E-state index in [2.05, 4.69) is 41.5 Å². The Bertz CT molecular complexity index is 336. The van der Waals surface area contributed by atoms with Gasteiger partial charge in [-0.2, -0.15) is 0 Å². The van der Waals surface area contributed by atoms with Gasteiger partial charge in [-0.1, -0.05) is 27.7 Å². The third kappa shape index (κ3) is 8.20. The maximum Gasteiger partial charge on any atom is 0.671 e. The zero-order chi connectivity index (χ0) is 20.0. The van der Waals surface area contributed by atoms with Crippen LogP contribution in [-0.4, -0.2) is 42.0 Å². The van der Waals surface area contributed by atoms with Gasteiger partial charge < -0.3 is 21.8 Å². The molecule has 0 N–H and O–H groups in total. The van der Waals surface area contributed by atoms with Crippen molar-refractivity contribution in [1.82, 2.24) is 0 Å². The predicted octanol–water partition coefficient (Wildman–Crippen LogP) is 5.40. The van der Waals surface area contributed by atoms with Crippen LogP contribution in [0.15, 0.2) is 0 Å². The molecule has 0 bridgehead atoms. The van der Waals surface area contributed by atoms with Gasteiger partial charge in [0.1, 0.15) is 0 Å². The Morgan fingerprint density at radius 3 is 0.920 bits per heavy atom. The third-order valence-electron chi connectivity index (χ3n) is 3.45. The lowest BCUT2D eigenvalue weighted by Crippen LogP contribution is -2.64. The quantitative estimate of drug-likeness (QED) is 0.415. The summed E-state index contributed by atoms with van der Waals surface area (Å²) < 4.78 is 31.9. The second kappa shape index (κ2) is 10.5. The summed E-state index contributed by atoms with van der Waals surface area (Å²) in [6.45, 7) is 24.6. The van der Waals surface area contributed by atoms with Gasteiger partial charge in [0.05, 0.1) is 0 Å². The molecule has 0 aromatic rings. The Morgan fingerprint density at radius 2 is 0.720 bits per heavy atom. The van der Waals surface area contributed by atoms with E-state index < -0.39 is 17.6 Å². The van der Waals surface area contributed by atoms with Crippen molar-refractivity contribution in [1.29, 1.82) is 0 Å². The number of rotatable bonds is 12. The molecule has 5 nitrogen and oxygen atoms in total. The minimum absolute atomic E-state index is 0.0609. The third-order valence-corrected chi connectivity index (χ3v) is 12.1. The maximum absolute atomic E-state index is 6.78. The first-order valence-electron chi connectivity index (χ1n) is 9.67. The topological polar surface area (TPSA) is 46.2 Å². The molecule has 0 rings (SSSR count). The van der Waals surface area contributed by atoms with Gasteiger partial charge in [-0.05, 0) is 66.5 Å². The van der Waals surface area contributed by atoms with E-state index >= 15 is 0 Å². The van der Waals surface area contributed by atoms with Crippen LogP contribution in [0.2, 0.25) is 11.1 Å². The Hall–Kier alpha value is 0.234. The molecule has 0 atom stereocenters. The SMILES string of the molecule is CC(C)O[Si](OC(C)C)(OC(C)C)O[Si](OC(C)C)(C(C)C)C(C)C. The monoisotopic (exact) mass is 394 g/mol. The summed E-state index contributed by atoms with van der Waals surface area (Å²) >= 11 is 0. The van der Waals surface area contributed by atoms with Crippen molar-refractivity contribution < 1.29 is 21.8 Å². The van der Waals surface area contributed by atoms with Crippen molar-refractivity contribution >= 4 is 17.6 Å². The van der Waals surface area contributed by atoms with Crippen LogP contribution in [0.1, 0.15) is 83.1 Å². The standard InChI is InChI=1S/C18H42O5Si2/c1-13(2)19-24(17(9)10,18(11)12)23-25(20-14(3)4,21-15(5)6)22-16(7)8/h13-18H,1-12H3. The average molecular weight is 395 g/mol. The smallest absolute Gasteiger partial charge is 0.392 e. The Morgan fingerprint density at radius 1 is 0.440 bits per heavy atom. The molecule has 0 saturated heterocycles. The summed E-state index contributed by atoms with van der Waals surface area (Å²) in [6, 6.07) is 0. The first-order chi connectivity index (χ1) is 11.3. The second-order valence-electron chi connectivity index (χ2n) is 8.30. The highest BCUT2D eigenvalue weighted by Crippen LogP contribution is 2.39.